The summed E-state index contributed by atoms with van der Waals surface area (Å²) in [4.78, 5) is 18.8. The average Bonchev–Trinajstić information content (AvgIpc) is 3.60. The summed E-state index contributed by atoms with van der Waals surface area (Å²) in [5.74, 6) is -2.36. The minimum Gasteiger partial charge on any atom is -0.459 e. The van der Waals surface area contributed by atoms with Crippen LogP contribution in [0.3, 0.4) is 0 Å². The van der Waals surface area contributed by atoms with Crippen LogP contribution in [0.15, 0.2) is 84.7 Å². The number of amidine groups is 1. The van der Waals surface area contributed by atoms with Gasteiger partial charge >= 0.3 is 0 Å². The maximum Gasteiger partial charge on any atom is 0.187 e. The van der Waals surface area contributed by atoms with Gasteiger partial charge in [0.25, 0.3) is 0 Å². The quantitative estimate of drug-likeness (QED) is 0.200. The Morgan fingerprint density at radius 2 is 1.95 bits per heavy atom. The van der Waals surface area contributed by atoms with Gasteiger partial charge in [0.05, 0.1) is 12.2 Å². The second-order valence-corrected chi connectivity index (χ2v) is 13.2. The van der Waals surface area contributed by atoms with E-state index >= 15 is 13.2 Å². The number of hydrogen-bond acceptors (Lipinski definition) is 6. The Bertz CT molecular complexity index is 1540. The highest BCUT2D eigenvalue weighted by molar-refractivity contribution is 7.67. The maximum atomic E-state index is 15.4. The highest BCUT2D eigenvalue weighted by Crippen LogP contribution is 2.51. The normalized spacial score (nSPS) is 19.9. The Kier molecular flexibility index (Phi) is 8.00. The molecule has 1 fully saturated rings. The van der Waals surface area contributed by atoms with E-state index in [4.69, 9.17) is 4.52 Å². The van der Waals surface area contributed by atoms with Gasteiger partial charge in [-0.2, -0.15) is 0 Å². The third-order valence-corrected chi connectivity index (χ3v) is 9.32. The van der Waals surface area contributed by atoms with Crippen molar-refractivity contribution in [1.82, 2.24) is 4.67 Å². The molecule has 0 spiro atoms. The number of carbonyl (C=O) groups is 1. The van der Waals surface area contributed by atoms with Crippen molar-refractivity contribution in [1.29, 1.82) is 0 Å². The summed E-state index contributed by atoms with van der Waals surface area (Å²) in [6, 6.07) is 10.6. The van der Waals surface area contributed by atoms with Crippen LogP contribution in [0.1, 0.15) is 18.4 Å². The molecule has 3 heterocycles. The fourth-order valence-electron chi connectivity index (χ4n) is 5.28. The molecule has 0 aliphatic carbocycles. The second-order valence-electron chi connectivity index (χ2n) is 10.4. The molecule has 5 rings (SSSR count). The lowest BCUT2D eigenvalue weighted by Gasteiger charge is -2.37. The van der Waals surface area contributed by atoms with Gasteiger partial charge in [-0.15, -0.1) is 0 Å². The van der Waals surface area contributed by atoms with E-state index in [-0.39, 0.29) is 30.4 Å². The molecule has 2 unspecified atom stereocenters. The largest absolute Gasteiger partial charge is 0.459 e. The van der Waals surface area contributed by atoms with Crippen LogP contribution in [0.4, 0.5) is 24.5 Å². The predicted molar refractivity (Wildman–Crippen MR) is 162 cm³/mol. The molecule has 3 aliphatic heterocycles. The molecule has 3 aliphatic rings. The number of carbonyl (C=O) groups excluding carboxylic acids is 1. The number of rotatable bonds is 8. The Hall–Kier alpha value is -3.97. The van der Waals surface area contributed by atoms with Crippen molar-refractivity contribution in [2.45, 2.75) is 12.8 Å². The molecule has 0 bridgehead atoms. The number of allylic oxidation sites excluding steroid dienone is 2. The van der Waals surface area contributed by atoms with E-state index in [1.165, 1.54) is 22.1 Å². The van der Waals surface area contributed by atoms with Crippen molar-refractivity contribution >= 4 is 42.3 Å². The third-order valence-electron chi connectivity index (χ3n) is 7.31. The smallest absolute Gasteiger partial charge is 0.187 e. The standard InChI is InChI=1S/C31H32F3N4O2P/c1-21-17-23(19-37(21)27-18-26(32)31(30(34)29(27)33)36-15-12-25(39)13-16-36)20-38(28-11-8-14-35-28)41(3,4)40-22(2)24-9-6-5-7-10-24/h5-12,15,18,23H,1-3,13-14,16-17,19-20H2,4H3. The molecular formula is C31H32F3N4O2P. The maximum absolute atomic E-state index is 15.4. The van der Waals surface area contributed by atoms with Crippen LogP contribution in [0.2, 0.25) is 0 Å². The third kappa shape index (κ3) is 5.91. The lowest BCUT2D eigenvalue weighted by atomic mass is 10.1. The molecule has 2 aromatic carbocycles. The number of halogens is 3. The number of anilines is 2. The molecular weight excluding hydrogens is 548 g/mol. The predicted octanol–water partition coefficient (Wildman–Crippen LogP) is 6.60. The molecule has 2 aromatic rings. The van der Waals surface area contributed by atoms with Crippen LogP contribution in [-0.4, -0.2) is 55.4 Å². The number of benzene rings is 2. The zero-order valence-corrected chi connectivity index (χ0v) is 23.8. The monoisotopic (exact) mass is 580 g/mol. The van der Waals surface area contributed by atoms with Gasteiger partial charge in [0, 0.05) is 62.2 Å². The summed E-state index contributed by atoms with van der Waals surface area (Å²) in [6.45, 7) is 11.5. The summed E-state index contributed by atoms with van der Waals surface area (Å²) in [7, 11) is -2.52. The van der Waals surface area contributed by atoms with Gasteiger partial charge in [-0.25, -0.2) is 13.2 Å². The van der Waals surface area contributed by atoms with Gasteiger partial charge in [-0.3, -0.25) is 9.79 Å². The van der Waals surface area contributed by atoms with Gasteiger partial charge in [0.15, 0.2) is 23.2 Å². The molecule has 1 saturated heterocycles. The topological polar surface area (TPSA) is 48.4 Å². The summed E-state index contributed by atoms with van der Waals surface area (Å²) < 4.78 is 54.2. The van der Waals surface area contributed by atoms with Crippen molar-refractivity contribution in [2.75, 3.05) is 42.6 Å². The zero-order valence-electron chi connectivity index (χ0n) is 22.9. The fourth-order valence-corrected chi connectivity index (χ4v) is 7.10. The van der Waals surface area contributed by atoms with Crippen LogP contribution >= 0.6 is 7.26 Å². The van der Waals surface area contributed by atoms with E-state index in [0.717, 1.165) is 17.5 Å². The van der Waals surface area contributed by atoms with Gasteiger partial charge < -0.3 is 19.0 Å². The Balaban J connectivity index is 1.37. The van der Waals surface area contributed by atoms with Gasteiger partial charge in [-0.05, 0) is 24.9 Å². The number of nitrogens with zero attached hydrogens (tertiary/aromatic N) is 4. The molecule has 0 N–H and O–H groups in total. The second kappa shape index (κ2) is 11.5. The zero-order chi connectivity index (χ0) is 29.3. The number of ketones is 1. The first-order chi connectivity index (χ1) is 19.5. The van der Waals surface area contributed by atoms with Crippen LogP contribution in [0.5, 0.6) is 0 Å². The van der Waals surface area contributed by atoms with Crippen LogP contribution < -0.4 is 9.80 Å². The fraction of sp³-hybridized carbons (Fsp3) is 0.258. The molecule has 6 nitrogen and oxygen atoms in total. The molecule has 41 heavy (non-hydrogen) atoms. The molecule has 0 radical (unpaired) electrons. The van der Waals surface area contributed by atoms with Crippen molar-refractivity contribution in [2.24, 2.45) is 10.9 Å². The highest BCUT2D eigenvalue weighted by atomic mass is 31.2. The first-order valence-electron chi connectivity index (χ1n) is 13.3. The van der Waals surface area contributed by atoms with Crippen LogP contribution in [0, 0.1) is 23.4 Å². The molecule has 0 amide bonds. The van der Waals surface area contributed by atoms with E-state index < -0.39 is 30.4 Å². The minimum atomic E-state index is -2.52. The molecule has 10 heteroatoms. The Morgan fingerprint density at radius 1 is 1.20 bits per heavy atom. The Labute approximate surface area is 238 Å². The SMILES string of the molecule is C=C(OP(=C)(C)N(CC1CC(=C)N(c2cc(F)c(N3C=CC(=O)CC3)c(F)c2F)C1)C1=NCC=C1)c1ccccc1. The van der Waals surface area contributed by atoms with E-state index in [1.54, 1.807) is 0 Å². The van der Waals surface area contributed by atoms with Crippen LogP contribution in [-0.2, 0) is 9.32 Å². The molecule has 214 valence electrons. The number of hydrogen-bond donors (Lipinski definition) is 0. The lowest BCUT2D eigenvalue weighted by molar-refractivity contribution is -0.114. The highest BCUT2D eigenvalue weighted by Gasteiger charge is 2.35. The summed E-state index contributed by atoms with van der Waals surface area (Å²) in [5.41, 5.74) is 0.675. The summed E-state index contributed by atoms with van der Waals surface area (Å²) >= 11 is 0. The van der Waals surface area contributed by atoms with E-state index in [2.05, 4.69) is 24.4 Å². The van der Waals surface area contributed by atoms with Crippen molar-refractivity contribution in [3.05, 3.63) is 103 Å². The Morgan fingerprint density at radius 3 is 2.61 bits per heavy atom. The van der Waals surface area contributed by atoms with Crippen molar-refractivity contribution in [3.63, 3.8) is 0 Å². The van der Waals surface area contributed by atoms with Gasteiger partial charge in [0.1, 0.15) is 24.5 Å². The van der Waals surface area contributed by atoms with Crippen LogP contribution in [0.25, 0.3) is 5.76 Å². The number of aliphatic imine (C=N–C) groups is 1. The lowest BCUT2D eigenvalue weighted by Crippen LogP contribution is -2.33. The first kappa shape index (κ1) is 28.6. The minimum absolute atomic E-state index is 0.0698. The van der Waals surface area contributed by atoms with Gasteiger partial charge in [0.2, 0.25) is 0 Å². The van der Waals surface area contributed by atoms with E-state index in [1.807, 2.05) is 53.8 Å². The van der Waals surface area contributed by atoms with Crippen molar-refractivity contribution < 1.29 is 22.5 Å². The summed E-state index contributed by atoms with van der Waals surface area (Å²) in [6.07, 6.45) is 11.4. The molecule has 2 atom stereocenters. The van der Waals surface area contributed by atoms with E-state index in [9.17, 15) is 4.79 Å². The summed E-state index contributed by atoms with van der Waals surface area (Å²) in [5, 5.41) is 0. The van der Waals surface area contributed by atoms with E-state index in [0.29, 0.717) is 37.5 Å². The average molecular weight is 581 g/mol. The molecule has 0 aromatic heterocycles. The van der Waals surface area contributed by atoms with Crippen molar-refractivity contribution in [3.8, 4) is 0 Å². The van der Waals surface area contributed by atoms with Gasteiger partial charge in [-0.1, -0.05) is 49.6 Å². The molecule has 0 saturated carbocycles. The first-order valence-corrected chi connectivity index (χ1v) is 15.6.